The summed E-state index contributed by atoms with van der Waals surface area (Å²) in [6, 6.07) is 22.6. The van der Waals surface area contributed by atoms with E-state index in [1.165, 1.54) is 6.07 Å². The van der Waals surface area contributed by atoms with Crippen molar-refractivity contribution in [3.8, 4) is 0 Å². The first-order chi connectivity index (χ1) is 13.5. The van der Waals surface area contributed by atoms with Gasteiger partial charge in [-0.1, -0.05) is 66.7 Å². The largest absolute Gasteiger partial charge is 0.344 e. The van der Waals surface area contributed by atoms with Gasteiger partial charge in [-0.2, -0.15) is 0 Å². The Kier molecular flexibility index (Phi) is 6.50. The molecule has 0 saturated heterocycles. The molecule has 0 heterocycles. The van der Waals surface area contributed by atoms with Crippen LogP contribution in [0.15, 0.2) is 78.9 Å². The molecule has 3 rings (SSSR count). The lowest BCUT2D eigenvalue weighted by Crippen LogP contribution is -2.37. The zero-order chi connectivity index (χ0) is 19.9. The molecular weight excluding hydrogens is 358 g/mol. The Morgan fingerprint density at radius 1 is 0.821 bits per heavy atom. The average Bonchev–Trinajstić information content (AvgIpc) is 2.73. The number of hydrogen-bond donors (Lipinski definition) is 2. The minimum atomic E-state index is -0.899. The zero-order valence-electron chi connectivity index (χ0n) is 15.5. The fraction of sp³-hybridized carbons (Fsp3) is 0.174. The molecule has 144 valence electrons. The van der Waals surface area contributed by atoms with Crippen LogP contribution in [0.5, 0.6) is 0 Å². The first-order valence-corrected chi connectivity index (χ1v) is 9.12. The molecule has 1 atom stereocenters. The van der Waals surface area contributed by atoms with Gasteiger partial charge in [0.05, 0.1) is 12.6 Å². The van der Waals surface area contributed by atoms with Crippen LogP contribution in [0.4, 0.5) is 8.78 Å². The summed E-state index contributed by atoms with van der Waals surface area (Å²) in [6.07, 6.45) is 0. The molecule has 0 radical (unpaired) electrons. The van der Waals surface area contributed by atoms with Gasteiger partial charge in [-0.25, -0.2) is 8.78 Å². The molecule has 3 nitrogen and oxygen atoms in total. The molecule has 2 N–H and O–H groups in total. The third-order valence-electron chi connectivity index (χ3n) is 4.58. The van der Waals surface area contributed by atoms with Crippen LogP contribution in [-0.4, -0.2) is 12.5 Å². The number of hydrogen-bond acceptors (Lipinski definition) is 2. The molecule has 28 heavy (non-hydrogen) atoms. The predicted molar refractivity (Wildman–Crippen MR) is 106 cm³/mol. The van der Waals surface area contributed by atoms with Crippen LogP contribution in [0.25, 0.3) is 0 Å². The number of amides is 1. The first kappa shape index (κ1) is 19.7. The molecule has 3 aromatic rings. The summed E-state index contributed by atoms with van der Waals surface area (Å²) >= 11 is 0. The number of halogens is 2. The highest BCUT2D eigenvalue weighted by atomic mass is 19.2. The number of rotatable bonds is 7. The van der Waals surface area contributed by atoms with Crippen molar-refractivity contribution < 1.29 is 13.6 Å². The zero-order valence-corrected chi connectivity index (χ0v) is 15.5. The van der Waals surface area contributed by atoms with Crippen molar-refractivity contribution in [2.45, 2.75) is 19.0 Å². The van der Waals surface area contributed by atoms with Crippen molar-refractivity contribution >= 4 is 5.91 Å². The van der Waals surface area contributed by atoms with Gasteiger partial charge in [-0.3, -0.25) is 4.79 Å². The van der Waals surface area contributed by atoms with Gasteiger partial charge >= 0.3 is 0 Å². The minimum Gasteiger partial charge on any atom is -0.344 e. The standard InChI is InChI=1S/C23H22F2N2O/c1-16(19-12-13-20(24)21(25)14-19)26-15-22(28)27-23(17-8-4-2-5-9-17)18-10-6-3-7-11-18/h2-14,16,23,26H,15H2,1H3,(H,27,28)/t16-/m0/s1. The molecule has 0 aliphatic rings. The van der Waals surface area contributed by atoms with Crippen LogP contribution in [-0.2, 0) is 4.79 Å². The van der Waals surface area contributed by atoms with E-state index in [2.05, 4.69) is 10.6 Å². The maximum atomic E-state index is 13.4. The van der Waals surface area contributed by atoms with Crippen LogP contribution in [0.2, 0.25) is 0 Å². The Bertz CT molecular complexity index is 877. The summed E-state index contributed by atoms with van der Waals surface area (Å²) in [4.78, 5) is 12.5. The number of carbonyl (C=O) groups excluding carboxylic acids is 1. The van der Waals surface area contributed by atoms with Gasteiger partial charge in [0.1, 0.15) is 0 Å². The number of carbonyl (C=O) groups is 1. The van der Waals surface area contributed by atoms with E-state index < -0.39 is 11.6 Å². The quantitative estimate of drug-likeness (QED) is 0.633. The summed E-state index contributed by atoms with van der Waals surface area (Å²) in [6.45, 7) is 1.85. The van der Waals surface area contributed by atoms with Gasteiger partial charge < -0.3 is 10.6 Å². The van der Waals surface area contributed by atoms with Gasteiger partial charge in [0.15, 0.2) is 11.6 Å². The van der Waals surface area contributed by atoms with Crippen LogP contribution in [0, 0.1) is 11.6 Å². The summed E-state index contributed by atoms with van der Waals surface area (Å²) < 4.78 is 26.5. The van der Waals surface area contributed by atoms with Gasteiger partial charge in [0.25, 0.3) is 0 Å². The van der Waals surface area contributed by atoms with E-state index >= 15 is 0 Å². The lowest BCUT2D eigenvalue weighted by Gasteiger charge is -2.21. The van der Waals surface area contributed by atoms with E-state index in [-0.39, 0.29) is 24.5 Å². The Morgan fingerprint density at radius 3 is 1.93 bits per heavy atom. The van der Waals surface area contributed by atoms with Crippen molar-refractivity contribution in [2.75, 3.05) is 6.54 Å². The van der Waals surface area contributed by atoms with Crippen molar-refractivity contribution in [1.82, 2.24) is 10.6 Å². The number of nitrogens with one attached hydrogen (secondary N) is 2. The van der Waals surface area contributed by atoms with E-state index in [9.17, 15) is 13.6 Å². The monoisotopic (exact) mass is 380 g/mol. The van der Waals surface area contributed by atoms with Crippen molar-refractivity contribution in [3.05, 3.63) is 107 Å². The van der Waals surface area contributed by atoms with Gasteiger partial charge in [-0.15, -0.1) is 0 Å². The highest BCUT2D eigenvalue weighted by Gasteiger charge is 2.17. The predicted octanol–water partition coefficient (Wildman–Crippen LogP) is 4.52. The fourth-order valence-electron chi connectivity index (χ4n) is 3.01. The highest BCUT2D eigenvalue weighted by Crippen LogP contribution is 2.21. The molecule has 0 spiro atoms. The molecule has 0 aromatic heterocycles. The van der Waals surface area contributed by atoms with Gasteiger partial charge in [0, 0.05) is 6.04 Å². The molecule has 0 aliphatic heterocycles. The SMILES string of the molecule is C[C@H](NCC(=O)NC(c1ccccc1)c1ccccc1)c1ccc(F)c(F)c1. The fourth-order valence-corrected chi connectivity index (χ4v) is 3.01. The first-order valence-electron chi connectivity index (χ1n) is 9.12. The third-order valence-corrected chi connectivity index (χ3v) is 4.58. The molecule has 0 fully saturated rings. The lowest BCUT2D eigenvalue weighted by atomic mass is 9.99. The van der Waals surface area contributed by atoms with Crippen LogP contribution in [0.3, 0.4) is 0 Å². The summed E-state index contributed by atoms with van der Waals surface area (Å²) in [7, 11) is 0. The second-order valence-electron chi connectivity index (χ2n) is 6.60. The van der Waals surface area contributed by atoms with Crippen LogP contribution in [0.1, 0.15) is 35.7 Å². The normalized spacial score (nSPS) is 12.0. The second kappa shape index (κ2) is 9.24. The Hall–Kier alpha value is -3.05. The molecule has 0 saturated carbocycles. The molecular formula is C23H22F2N2O. The smallest absolute Gasteiger partial charge is 0.234 e. The van der Waals surface area contributed by atoms with Crippen molar-refractivity contribution in [1.29, 1.82) is 0 Å². The molecule has 0 unspecified atom stereocenters. The average molecular weight is 380 g/mol. The van der Waals surface area contributed by atoms with E-state index in [4.69, 9.17) is 0 Å². The highest BCUT2D eigenvalue weighted by molar-refractivity contribution is 5.79. The number of benzene rings is 3. The van der Waals surface area contributed by atoms with E-state index in [1.54, 1.807) is 6.92 Å². The summed E-state index contributed by atoms with van der Waals surface area (Å²) in [5, 5.41) is 6.09. The Labute approximate surface area is 163 Å². The Morgan fingerprint density at radius 2 is 1.39 bits per heavy atom. The van der Waals surface area contributed by atoms with Gasteiger partial charge in [-0.05, 0) is 35.7 Å². The molecule has 1 amide bonds. The summed E-state index contributed by atoms with van der Waals surface area (Å²) in [5.74, 6) is -1.97. The minimum absolute atomic E-state index is 0.0519. The van der Waals surface area contributed by atoms with E-state index in [0.717, 1.165) is 23.3 Å². The molecule has 0 aliphatic carbocycles. The van der Waals surface area contributed by atoms with Crippen molar-refractivity contribution in [3.63, 3.8) is 0 Å². The van der Waals surface area contributed by atoms with E-state index in [1.807, 2.05) is 60.7 Å². The molecule has 0 bridgehead atoms. The summed E-state index contributed by atoms with van der Waals surface area (Å²) in [5.41, 5.74) is 2.54. The molecule has 3 aromatic carbocycles. The maximum Gasteiger partial charge on any atom is 0.234 e. The Balaban J connectivity index is 1.66. The van der Waals surface area contributed by atoms with Crippen LogP contribution < -0.4 is 10.6 Å². The topological polar surface area (TPSA) is 41.1 Å². The van der Waals surface area contributed by atoms with Crippen LogP contribution >= 0.6 is 0 Å². The van der Waals surface area contributed by atoms with E-state index in [0.29, 0.717) is 5.56 Å². The third kappa shape index (κ3) is 5.02. The molecule has 5 heteroatoms. The lowest BCUT2D eigenvalue weighted by molar-refractivity contribution is -0.120. The van der Waals surface area contributed by atoms with Gasteiger partial charge in [0.2, 0.25) is 5.91 Å². The van der Waals surface area contributed by atoms with Crippen molar-refractivity contribution in [2.24, 2.45) is 0 Å². The maximum absolute atomic E-state index is 13.4. The second-order valence-corrected chi connectivity index (χ2v) is 6.60.